The molecule has 130 valence electrons. The van der Waals surface area contributed by atoms with Gasteiger partial charge in [-0.2, -0.15) is 0 Å². The van der Waals surface area contributed by atoms with Crippen LogP contribution in [0, 0.1) is 23.0 Å². The highest BCUT2D eigenvalue weighted by Crippen LogP contribution is 2.26. The van der Waals surface area contributed by atoms with Crippen LogP contribution in [-0.4, -0.2) is 17.4 Å². The van der Waals surface area contributed by atoms with Crippen molar-refractivity contribution in [2.45, 2.75) is 19.5 Å². The molecule has 3 rings (SSSR count). The zero-order chi connectivity index (χ0) is 17.8. The molecule has 0 aliphatic carbocycles. The van der Waals surface area contributed by atoms with Gasteiger partial charge >= 0.3 is 0 Å². The molecule has 1 aliphatic rings. The number of benzene rings is 2. The van der Waals surface area contributed by atoms with Gasteiger partial charge in [-0.1, -0.05) is 36.4 Å². The number of nitro groups is 1. The van der Waals surface area contributed by atoms with E-state index in [4.69, 9.17) is 0 Å². The summed E-state index contributed by atoms with van der Waals surface area (Å²) in [4.78, 5) is 22.9. The highest BCUT2D eigenvalue weighted by atomic mass is 16.6. The number of non-ortho nitro benzene ring substituents is 1. The van der Waals surface area contributed by atoms with Crippen LogP contribution in [0.15, 0.2) is 48.5 Å². The SMILES string of the molecule is Cc1ccccc1CNC(=O)C1CNNC1c1ccc([N+](=O)[O-])cc1. The van der Waals surface area contributed by atoms with Gasteiger partial charge in [0.1, 0.15) is 0 Å². The minimum absolute atomic E-state index is 0.0373. The van der Waals surface area contributed by atoms with Gasteiger partial charge in [0.2, 0.25) is 5.91 Å². The molecule has 1 amide bonds. The van der Waals surface area contributed by atoms with Gasteiger partial charge in [0.15, 0.2) is 0 Å². The molecule has 2 unspecified atom stereocenters. The second-order valence-corrected chi connectivity index (χ2v) is 6.10. The summed E-state index contributed by atoms with van der Waals surface area (Å²) in [6, 6.07) is 14.0. The van der Waals surface area contributed by atoms with E-state index in [0.717, 1.165) is 16.7 Å². The minimum Gasteiger partial charge on any atom is -0.352 e. The number of carbonyl (C=O) groups excluding carboxylic acids is 1. The highest BCUT2D eigenvalue weighted by Gasteiger charge is 2.34. The Morgan fingerprint density at radius 1 is 1.24 bits per heavy atom. The van der Waals surface area contributed by atoms with Crippen molar-refractivity contribution in [3.63, 3.8) is 0 Å². The summed E-state index contributed by atoms with van der Waals surface area (Å²) >= 11 is 0. The molecule has 0 spiro atoms. The summed E-state index contributed by atoms with van der Waals surface area (Å²) < 4.78 is 0. The van der Waals surface area contributed by atoms with E-state index in [2.05, 4.69) is 16.2 Å². The van der Waals surface area contributed by atoms with Gasteiger partial charge in [0.05, 0.1) is 16.9 Å². The third-order valence-corrected chi connectivity index (χ3v) is 4.50. The molecule has 2 aromatic rings. The third-order valence-electron chi connectivity index (χ3n) is 4.50. The molecule has 1 fully saturated rings. The summed E-state index contributed by atoms with van der Waals surface area (Å²) in [5.41, 5.74) is 9.18. The van der Waals surface area contributed by atoms with Crippen molar-refractivity contribution < 1.29 is 9.72 Å². The number of aryl methyl sites for hydroxylation is 1. The molecule has 0 saturated carbocycles. The Hall–Kier alpha value is -2.77. The average Bonchev–Trinajstić information content (AvgIpc) is 3.10. The third kappa shape index (κ3) is 3.84. The number of rotatable bonds is 5. The van der Waals surface area contributed by atoms with E-state index in [-0.39, 0.29) is 23.6 Å². The van der Waals surface area contributed by atoms with E-state index in [0.29, 0.717) is 13.1 Å². The lowest BCUT2D eigenvalue weighted by Crippen LogP contribution is -2.34. The molecule has 25 heavy (non-hydrogen) atoms. The molecule has 3 N–H and O–H groups in total. The molecule has 7 heteroatoms. The lowest BCUT2D eigenvalue weighted by atomic mass is 9.94. The number of hydrazine groups is 1. The molecule has 2 atom stereocenters. The smallest absolute Gasteiger partial charge is 0.269 e. The summed E-state index contributed by atoms with van der Waals surface area (Å²) in [7, 11) is 0. The maximum Gasteiger partial charge on any atom is 0.269 e. The quantitative estimate of drug-likeness (QED) is 0.571. The monoisotopic (exact) mass is 340 g/mol. The Bertz CT molecular complexity index is 776. The first-order valence-corrected chi connectivity index (χ1v) is 8.11. The largest absolute Gasteiger partial charge is 0.352 e. The van der Waals surface area contributed by atoms with Gasteiger partial charge in [-0.25, -0.2) is 5.43 Å². The van der Waals surface area contributed by atoms with Gasteiger partial charge in [0.25, 0.3) is 5.69 Å². The van der Waals surface area contributed by atoms with Crippen molar-refractivity contribution in [1.29, 1.82) is 0 Å². The number of amides is 1. The predicted molar refractivity (Wildman–Crippen MR) is 93.5 cm³/mol. The Morgan fingerprint density at radius 2 is 1.96 bits per heavy atom. The Balaban J connectivity index is 1.67. The Morgan fingerprint density at radius 3 is 2.64 bits per heavy atom. The molecular formula is C18H20N4O3. The van der Waals surface area contributed by atoms with Crippen molar-refractivity contribution in [2.24, 2.45) is 5.92 Å². The van der Waals surface area contributed by atoms with E-state index < -0.39 is 4.92 Å². The number of carbonyl (C=O) groups is 1. The summed E-state index contributed by atoms with van der Waals surface area (Å²) in [6.45, 7) is 3.00. The van der Waals surface area contributed by atoms with Crippen LogP contribution in [0.2, 0.25) is 0 Å². The van der Waals surface area contributed by atoms with Crippen LogP contribution in [0.3, 0.4) is 0 Å². The summed E-state index contributed by atoms with van der Waals surface area (Å²) in [6.07, 6.45) is 0. The number of nitro benzene ring substituents is 1. The predicted octanol–water partition coefficient (Wildman–Crippen LogP) is 1.98. The van der Waals surface area contributed by atoms with Gasteiger partial charge in [-0.05, 0) is 23.6 Å². The van der Waals surface area contributed by atoms with Gasteiger partial charge in [-0.15, -0.1) is 0 Å². The Kier molecular flexibility index (Phi) is 5.06. The van der Waals surface area contributed by atoms with Crippen molar-refractivity contribution in [3.05, 3.63) is 75.3 Å². The lowest BCUT2D eigenvalue weighted by Gasteiger charge is -2.18. The molecule has 0 radical (unpaired) electrons. The molecular weight excluding hydrogens is 320 g/mol. The van der Waals surface area contributed by atoms with Crippen LogP contribution in [0.4, 0.5) is 5.69 Å². The van der Waals surface area contributed by atoms with Crippen molar-refractivity contribution in [1.82, 2.24) is 16.2 Å². The van der Waals surface area contributed by atoms with E-state index in [1.807, 2.05) is 31.2 Å². The van der Waals surface area contributed by atoms with Crippen LogP contribution in [0.5, 0.6) is 0 Å². The fourth-order valence-electron chi connectivity index (χ4n) is 2.98. The molecule has 1 heterocycles. The second kappa shape index (κ2) is 7.42. The van der Waals surface area contributed by atoms with Gasteiger partial charge in [-0.3, -0.25) is 20.3 Å². The topological polar surface area (TPSA) is 96.3 Å². The summed E-state index contributed by atoms with van der Waals surface area (Å²) in [5.74, 6) is -0.338. The van der Waals surface area contributed by atoms with E-state index in [1.54, 1.807) is 12.1 Å². The van der Waals surface area contributed by atoms with Crippen molar-refractivity contribution >= 4 is 11.6 Å². The minimum atomic E-state index is -0.434. The fraction of sp³-hybridized carbons (Fsp3) is 0.278. The van der Waals surface area contributed by atoms with E-state index in [1.165, 1.54) is 12.1 Å². The number of hydrogen-bond acceptors (Lipinski definition) is 5. The summed E-state index contributed by atoms with van der Waals surface area (Å²) in [5, 5.41) is 13.8. The standard InChI is InChI=1S/C18H20N4O3/c1-12-4-2-3-5-14(12)10-19-18(23)16-11-20-21-17(16)13-6-8-15(9-7-13)22(24)25/h2-9,16-17,20-21H,10-11H2,1H3,(H,19,23). The first kappa shape index (κ1) is 17.1. The average molecular weight is 340 g/mol. The molecule has 0 aromatic heterocycles. The maximum absolute atomic E-state index is 12.6. The number of nitrogens with zero attached hydrogens (tertiary/aromatic N) is 1. The van der Waals surface area contributed by atoms with Crippen LogP contribution >= 0.6 is 0 Å². The maximum atomic E-state index is 12.6. The Labute approximate surface area is 145 Å². The normalized spacial score (nSPS) is 19.6. The van der Waals surface area contributed by atoms with Crippen LogP contribution in [0.1, 0.15) is 22.7 Å². The van der Waals surface area contributed by atoms with Crippen LogP contribution in [0.25, 0.3) is 0 Å². The fourth-order valence-corrected chi connectivity index (χ4v) is 2.98. The van der Waals surface area contributed by atoms with E-state index in [9.17, 15) is 14.9 Å². The first-order chi connectivity index (χ1) is 12.1. The second-order valence-electron chi connectivity index (χ2n) is 6.10. The van der Waals surface area contributed by atoms with E-state index >= 15 is 0 Å². The first-order valence-electron chi connectivity index (χ1n) is 8.11. The van der Waals surface area contributed by atoms with Crippen molar-refractivity contribution in [2.75, 3.05) is 6.54 Å². The number of nitrogens with one attached hydrogen (secondary N) is 3. The molecule has 0 bridgehead atoms. The van der Waals surface area contributed by atoms with Gasteiger partial charge < -0.3 is 5.32 Å². The zero-order valence-corrected chi connectivity index (χ0v) is 13.9. The van der Waals surface area contributed by atoms with Crippen LogP contribution in [-0.2, 0) is 11.3 Å². The lowest BCUT2D eigenvalue weighted by molar-refractivity contribution is -0.384. The van der Waals surface area contributed by atoms with Gasteiger partial charge in [0, 0.05) is 25.2 Å². The molecule has 7 nitrogen and oxygen atoms in total. The van der Waals surface area contributed by atoms with Crippen molar-refractivity contribution in [3.8, 4) is 0 Å². The van der Waals surface area contributed by atoms with Crippen LogP contribution < -0.4 is 16.2 Å². The molecule has 2 aromatic carbocycles. The highest BCUT2D eigenvalue weighted by molar-refractivity contribution is 5.80. The molecule has 1 saturated heterocycles. The number of hydrogen-bond donors (Lipinski definition) is 3. The zero-order valence-electron chi connectivity index (χ0n) is 13.9. The molecule has 1 aliphatic heterocycles.